The molecule has 3 atom stereocenters. The average Bonchev–Trinajstić information content (AvgIpc) is 3.40. The third-order valence-electron chi connectivity index (χ3n) is 10.1. The minimum Gasteiger partial charge on any atom is -0.495 e. The van der Waals surface area contributed by atoms with Crippen molar-refractivity contribution in [2.24, 2.45) is 7.05 Å². The highest BCUT2D eigenvalue weighted by Gasteiger charge is 2.51. The van der Waals surface area contributed by atoms with Gasteiger partial charge in [-0.3, -0.25) is 9.59 Å². The van der Waals surface area contributed by atoms with E-state index in [1.54, 1.807) is 46.2 Å². The Balaban J connectivity index is 1.58. The van der Waals surface area contributed by atoms with Gasteiger partial charge in [-0.05, 0) is 77.0 Å². The van der Waals surface area contributed by atoms with Gasteiger partial charge in [0.05, 0.1) is 31.3 Å². The van der Waals surface area contributed by atoms with Crippen molar-refractivity contribution in [1.29, 1.82) is 0 Å². The number of benzene rings is 2. The zero-order chi connectivity index (χ0) is 38.1. The van der Waals surface area contributed by atoms with Crippen LogP contribution in [0.5, 0.6) is 17.2 Å². The summed E-state index contributed by atoms with van der Waals surface area (Å²) in [6.07, 6.45) is -0.0684. The lowest BCUT2D eigenvalue weighted by molar-refractivity contribution is -0.150. The van der Waals surface area contributed by atoms with Crippen LogP contribution in [-0.2, 0) is 50.0 Å². The number of hydrogen-bond acceptors (Lipinski definition) is 12. The Morgan fingerprint density at radius 2 is 1.72 bits per heavy atom. The third kappa shape index (κ3) is 6.17. The largest absolute Gasteiger partial charge is 0.514 e. The monoisotopic (exact) mass is 733 g/mol. The van der Waals surface area contributed by atoms with Gasteiger partial charge in [0, 0.05) is 43.0 Å². The highest BCUT2D eigenvalue weighted by atomic mass is 16.8. The highest BCUT2D eigenvalue weighted by molar-refractivity contribution is 6.05. The number of ether oxygens (including phenoxy) is 8. The lowest BCUT2D eigenvalue weighted by atomic mass is 9.80. The zero-order valence-corrected chi connectivity index (χ0v) is 32.0. The normalized spacial score (nSPS) is 20.1. The molecule has 13 heteroatoms. The molecule has 0 saturated carbocycles. The van der Waals surface area contributed by atoms with Gasteiger partial charge in [0.15, 0.2) is 22.9 Å². The van der Waals surface area contributed by atoms with E-state index in [0.29, 0.717) is 59.3 Å². The van der Waals surface area contributed by atoms with Crippen LogP contribution in [0.2, 0.25) is 0 Å². The van der Waals surface area contributed by atoms with Gasteiger partial charge in [0.2, 0.25) is 5.43 Å². The molecule has 2 aromatic carbocycles. The molecule has 2 aromatic heterocycles. The fourth-order valence-electron chi connectivity index (χ4n) is 8.07. The average molecular weight is 734 g/mol. The smallest absolute Gasteiger partial charge is 0.495 e. The number of carbonyl (C=O) groups is 1. The maximum absolute atomic E-state index is 15.0. The van der Waals surface area contributed by atoms with E-state index in [4.69, 9.17) is 42.3 Å². The van der Waals surface area contributed by atoms with E-state index in [1.165, 1.54) is 21.3 Å². The molecule has 0 unspecified atom stereocenters. The van der Waals surface area contributed by atoms with Crippen LogP contribution < -0.4 is 25.2 Å². The van der Waals surface area contributed by atoms with Gasteiger partial charge in [0.25, 0.3) is 5.56 Å². The number of carbonyl (C=O) groups excluding carboxylic acids is 1. The molecule has 0 spiro atoms. The van der Waals surface area contributed by atoms with E-state index < -0.39 is 41.3 Å². The summed E-state index contributed by atoms with van der Waals surface area (Å²) in [5.74, 6) is -0.173. The van der Waals surface area contributed by atoms with E-state index in [2.05, 4.69) is 0 Å². The number of fused-ring (bicyclic) bond motifs is 8. The lowest BCUT2D eigenvalue weighted by Gasteiger charge is -2.32. The van der Waals surface area contributed by atoms with E-state index in [1.807, 2.05) is 19.1 Å². The van der Waals surface area contributed by atoms with Crippen LogP contribution in [0.3, 0.4) is 0 Å². The maximum atomic E-state index is 15.0. The zero-order valence-electron chi connectivity index (χ0n) is 32.0. The van der Waals surface area contributed by atoms with Crippen LogP contribution >= 0.6 is 0 Å². The Morgan fingerprint density at radius 3 is 2.38 bits per heavy atom. The standard InChI is InChI=1S/C40H47NO12/c1-11-12-21-16-20-15-19-13-14-22-27(25(19)35(26(20)37(43)41(21)7)50-38(44)53-39(2,3)4)34(47-10)29-30(42)28-32(49-36(29)31(22)46-9)23(48-18-45-8)17-24-33(28)52-40(5,6)51-24/h15-16,23-24,33H,11-14,17-18H2,1-10H3/t23-,24-,33-/m1/s1. The Morgan fingerprint density at radius 1 is 0.981 bits per heavy atom. The molecule has 53 heavy (non-hydrogen) atoms. The third-order valence-corrected chi connectivity index (χ3v) is 10.1. The van der Waals surface area contributed by atoms with E-state index >= 15 is 4.79 Å². The molecule has 3 aliphatic rings. The van der Waals surface area contributed by atoms with Crippen LogP contribution in [-0.4, -0.2) is 56.3 Å². The fourth-order valence-corrected chi connectivity index (χ4v) is 8.07. The second-order valence-corrected chi connectivity index (χ2v) is 15.2. The van der Waals surface area contributed by atoms with Crippen LogP contribution in [0, 0.1) is 0 Å². The van der Waals surface area contributed by atoms with Crippen molar-refractivity contribution >= 4 is 27.9 Å². The first-order valence-electron chi connectivity index (χ1n) is 18.0. The molecule has 13 nitrogen and oxygen atoms in total. The molecule has 0 bridgehead atoms. The van der Waals surface area contributed by atoms with Crippen LogP contribution in [0.4, 0.5) is 4.79 Å². The van der Waals surface area contributed by atoms with Gasteiger partial charge in [-0.15, -0.1) is 0 Å². The van der Waals surface area contributed by atoms with Crippen LogP contribution in [0.1, 0.15) is 94.7 Å². The molecule has 0 N–H and O–H groups in total. The summed E-state index contributed by atoms with van der Waals surface area (Å²) in [5.41, 5.74) is 1.98. The first-order chi connectivity index (χ1) is 25.1. The van der Waals surface area contributed by atoms with Crippen molar-refractivity contribution in [2.75, 3.05) is 28.1 Å². The number of pyridine rings is 1. The van der Waals surface area contributed by atoms with Gasteiger partial charge in [-0.1, -0.05) is 13.3 Å². The summed E-state index contributed by atoms with van der Waals surface area (Å²) in [4.78, 5) is 42.8. The molecule has 1 aliphatic heterocycles. The van der Waals surface area contributed by atoms with Crippen LogP contribution in [0.15, 0.2) is 26.1 Å². The van der Waals surface area contributed by atoms with Gasteiger partial charge < -0.3 is 46.9 Å². The minimum atomic E-state index is -0.978. The quantitative estimate of drug-likeness (QED) is 0.105. The van der Waals surface area contributed by atoms with Crippen molar-refractivity contribution in [3.8, 4) is 28.4 Å². The second-order valence-electron chi connectivity index (χ2n) is 15.2. The number of hydrogen-bond donors (Lipinski definition) is 0. The summed E-state index contributed by atoms with van der Waals surface area (Å²) >= 11 is 0. The Labute approximate surface area is 306 Å². The van der Waals surface area contributed by atoms with Crippen molar-refractivity contribution in [2.45, 2.75) is 103 Å². The van der Waals surface area contributed by atoms with Gasteiger partial charge >= 0.3 is 6.16 Å². The molecule has 7 rings (SSSR count). The molecule has 2 aliphatic carbocycles. The summed E-state index contributed by atoms with van der Waals surface area (Å²) in [5, 5.41) is 0.929. The van der Waals surface area contributed by atoms with E-state index in [9.17, 15) is 9.59 Å². The second kappa shape index (κ2) is 13.5. The number of methoxy groups -OCH3 is 3. The topological polar surface area (TPSA) is 143 Å². The first kappa shape index (κ1) is 36.9. The summed E-state index contributed by atoms with van der Waals surface area (Å²) < 4.78 is 56.0. The first-order valence-corrected chi connectivity index (χ1v) is 18.0. The Bertz CT molecular complexity index is 2260. The lowest BCUT2D eigenvalue weighted by Crippen LogP contribution is -2.32. The van der Waals surface area contributed by atoms with Crippen molar-refractivity contribution in [3.05, 3.63) is 60.9 Å². The fraction of sp³-hybridized carbons (Fsp3) is 0.525. The molecule has 1 saturated heterocycles. The molecular formula is C40H47NO12. The van der Waals surface area contributed by atoms with Gasteiger partial charge in [-0.25, -0.2) is 4.79 Å². The summed E-state index contributed by atoms with van der Waals surface area (Å²) in [7, 11) is 6.19. The highest BCUT2D eigenvalue weighted by Crippen LogP contribution is 2.55. The molecule has 4 aromatic rings. The Kier molecular flexibility index (Phi) is 9.37. The van der Waals surface area contributed by atoms with Gasteiger partial charge in [0.1, 0.15) is 41.5 Å². The summed E-state index contributed by atoms with van der Waals surface area (Å²) in [6.45, 7) is 10.8. The SMILES string of the molecule is CCCc1cc2cc3c(c(OC(=O)OC(C)(C)C)c2c(=O)n1C)-c1c(c(OC)c2oc4c(c(=O)c2c1OC)[C@@H]1OC(C)(C)O[C@@H]1C[C@H]4OCOC)CC3. The van der Waals surface area contributed by atoms with E-state index in [0.717, 1.165) is 17.7 Å². The van der Waals surface area contributed by atoms with Crippen molar-refractivity contribution in [3.63, 3.8) is 0 Å². The maximum Gasteiger partial charge on any atom is 0.514 e. The molecule has 0 amide bonds. The van der Waals surface area contributed by atoms with Crippen molar-refractivity contribution in [1.82, 2.24) is 4.57 Å². The Hall–Kier alpha value is -4.43. The number of aryl methyl sites for hydroxylation is 2. The number of nitrogens with zero attached hydrogens (tertiary/aromatic N) is 1. The molecular weight excluding hydrogens is 686 g/mol. The number of aromatic nitrogens is 1. The van der Waals surface area contributed by atoms with Crippen LogP contribution in [0.25, 0.3) is 32.9 Å². The molecule has 1 fully saturated rings. The van der Waals surface area contributed by atoms with E-state index in [-0.39, 0.29) is 45.8 Å². The van der Waals surface area contributed by atoms with Crippen molar-refractivity contribution < 1.29 is 47.1 Å². The predicted octanol–water partition coefficient (Wildman–Crippen LogP) is 6.95. The molecule has 0 radical (unpaired) electrons. The molecule has 284 valence electrons. The minimum absolute atomic E-state index is 0.0146. The van der Waals surface area contributed by atoms with Gasteiger partial charge in [-0.2, -0.15) is 0 Å². The molecule has 3 heterocycles. The summed E-state index contributed by atoms with van der Waals surface area (Å²) in [6, 6.07) is 3.91. The number of rotatable bonds is 8. The predicted molar refractivity (Wildman–Crippen MR) is 195 cm³/mol.